The summed E-state index contributed by atoms with van der Waals surface area (Å²) in [5, 5.41) is 16.0. The number of aliphatic carboxylic acids is 1. The Hall–Kier alpha value is -2.62. The van der Waals surface area contributed by atoms with E-state index in [1.165, 1.54) is 19.8 Å². The van der Waals surface area contributed by atoms with Crippen LogP contribution < -0.4 is 9.47 Å². The summed E-state index contributed by atoms with van der Waals surface area (Å²) in [7, 11) is 3.23. The fourth-order valence-corrected chi connectivity index (χ4v) is 5.26. The van der Waals surface area contributed by atoms with Crippen LogP contribution in [-0.2, 0) is 14.3 Å². The summed E-state index contributed by atoms with van der Waals surface area (Å²) in [5.74, 6) is -3.18. The molecule has 0 amide bonds. The van der Waals surface area contributed by atoms with Crippen LogP contribution in [0.1, 0.15) is 65.2 Å². The summed E-state index contributed by atoms with van der Waals surface area (Å²) in [6.45, 7) is 3.30. The van der Waals surface area contributed by atoms with Crippen molar-refractivity contribution in [2.75, 3.05) is 36.8 Å². The smallest absolute Gasteiger partial charge is 0.313 e. The largest absolute Gasteiger partial charge is 0.497 e. The molecule has 0 saturated heterocycles. The second-order valence-corrected chi connectivity index (χ2v) is 12.4. The number of carboxylic acids is 1. The number of unbranched alkanes of at least 4 members (excludes halogenated alkanes) is 2. The summed E-state index contributed by atoms with van der Waals surface area (Å²) in [5.41, 5.74) is 1.09. The molecule has 4 rings (SSSR count). The average Bonchev–Trinajstić information content (AvgIpc) is 3.08. The number of fused-ring (bicyclic) bond motifs is 2. The van der Waals surface area contributed by atoms with Crippen molar-refractivity contribution in [3.8, 4) is 11.5 Å². The zero-order chi connectivity index (χ0) is 35.0. The zero-order valence-electron chi connectivity index (χ0n) is 28.2. The van der Waals surface area contributed by atoms with Gasteiger partial charge < -0.3 is 19.3 Å². The van der Waals surface area contributed by atoms with Gasteiger partial charge in [0.25, 0.3) is 0 Å². The molecule has 0 saturated carbocycles. The second-order valence-electron chi connectivity index (χ2n) is 10.0. The van der Waals surface area contributed by atoms with E-state index in [9.17, 15) is 9.59 Å². The minimum atomic E-state index is -1.63. The Morgan fingerprint density at radius 3 is 1.49 bits per heavy atom. The number of hydrogen-bond donors (Lipinski definition) is 1. The van der Waals surface area contributed by atoms with Crippen LogP contribution in [0.15, 0.2) is 72.8 Å². The lowest BCUT2D eigenvalue weighted by Gasteiger charge is -2.13. The van der Waals surface area contributed by atoms with Gasteiger partial charge in [0.15, 0.2) is 0 Å². The molecule has 0 spiro atoms. The molecule has 4 aromatic rings. The number of hydrogen-bond acceptors (Lipinski definition) is 5. The van der Waals surface area contributed by atoms with Crippen LogP contribution in [0.3, 0.4) is 0 Å². The van der Waals surface area contributed by atoms with Gasteiger partial charge in [0.1, 0.15) is 11.5 Å². The van der Waals surface area contributed by atoms with Gasteiger partial charge in [0.2, 0.25) is 0 Å². The quantitative estimate of drug-likeness (QED) is 0.0823. The normalized spacial score (nSPS) is 13.8. The van der Waals surface area contributed by atoms with E-state index in [0.717, 1.165) is 61.9 Å². The number of rotatable bonds is 13. The molecule has 6 nitrogen and oxygen atoms in total. The molecular weight excluding hydrogens is 768 g/mol. The highest BCUT2D eigenvalue weighted by Gasteiger charge is 2.17. The van der Waals surface area contributed by atoms with E-state index < -0.39 is 23.7 Å². The molecule has 45 heavy (non-hydrogen) atoms. The SMILES string of the molecule is BrCCCCBr.[2H]C(C)(C(=O)O)c1ccc2cc(OC)ccc2c1.[2H]C(C)(C(=O)OCCCCBr)c1ccc2cc(OC)ccc2c1. The molecule has 9 heteroatoms. The van der Waals surface area contributed by atoms with Crippen molar-refractivity contribution in [2.24, 2.45) is 0 Å². The maximum absolute atomic E-state index is 12.2. The van der Waals surface area contributed by atoms with E-state index in [1.807, 2.05) is 54.6 Å². The third kappa shape index (κ3) is 13.0. The maximum Gasteiger partial charge on any atom is 0.313 e. The molecule has 4 aromatic carbocycles. The summed E-state index contributed by atoms with van der Waals surface area (Å²) in [6.07, 6.45) is 4.31. The molecule has 0 aliphatic rings. The molecule has 0 radical (unpaired) electrons. The van der Waals surface area contributed by atoms with Crippen LogP contribution in [-0.4, -0.2) is 53.9 Å². The van der Waals surface area contributed by atoms with Crippen molar-refractivity contribution in [1.82, 2.24) is 0 Å². The van der Waals surface area contributed by atoms with Gasteiger partial charge in [-0.05, 0) is 96.5 Å². The third-order valence-corrected chi connectivity index (χ3v) is 8.55. The molecule has 0 bridgehead atoms. The number of esters is 1. The lowest BCUT2D eigenvalue weighted by Crippen LogP contribution is -2.14. The third-order valence-electron chi connectivity index (χ3n) is 6.87. The minimum absolute atomic E-state index is 0.351. The van der Waals surface area contributed by atoms with Crippen LogP contribution in [0.5, 0.6) is 11.5 Å². The van der Waals surface area contributed by atoms with Crippen LogP contribution in [0.4, 0.5) is 0 Å². The molecule has 0 aliphatic carbocycles. The molecule has 1 N–H and O–H groups in total. The van der Waals surface area contributed by atoms with Gasteiger partial charge in [-0.2, -0.15) is 0 Å². The van der Waals surface area contributed by atoms with Gasteiger partial charge in [-0.15, -0.1) is 0 Å². The van der Waals surface area contributed by atoms with Crippen LogP contribution in [0, 0.1) is 0 Å². The molecule has 2 unspecified atom stereocenters. The number of benzene rings is 4. The van der Waals surface area contributed by atoms with E-state index in [2.05, 4.69) is 47.8 Å². The molecule has 2 atom stereocenters. The Balaban J connectivity index is 0.000000284. The maximum atomic E-state index is 12.2. The van der Waals surface area contributed by atoms with Crippen molar-refractivity contribution >= 4 is 81.3 Å². The van der Waals surface area contributed by atoms with Gasteiger partial charge in [-0.1, -0.05) is 96.3 Å². The Morgan fingerprint density at radius 1 is 0.667 bits per heavy atom. The van der Waals surface area contributed by atoms with E-state index in [1.54, 1.807) is 39.3 Å². The Kier molecular flexibility index (Phi) is 16.6. The highest BCUT2D eigenvalue weighted by atomic mass is 79.9. The van der Waals surface area contributed by atoms with Crippen molar-refractivity contribution in [3.63, 3.8) is 0 Å². The number of alkyl halides is 3. The summed E-state index contributed by atoms with van der Waals surface area (Å²) in [6, 6.07) is 22.0. The van der Waals surface area contributed by atoms with Crippen molar-refractivity contribution in [2.45, 2.75) is 51.3 Å². The standard InChI is InChI=1S/C18H21BrO3.C14H14O3.C4H8Br2/c1-13(18(20)22-10-4-3-9-19)14-5-6-16-12-17(21-2)8-7-15(16)11-14;1-9(14(15)16)10-3-4-12-8-13(17-2)6-5-11(12)7-10;5-3-1-2-4-6/h5-8,11-13H,3-4,9-10H2,1-2H3;3-9H,1-2H3,(H,15,16);1-4H2/i13D;9D;. The summed E-state index contributed by atoms with van der Waals surface area (Å²) < 4.78 is 31.8. The van der Waals surface area contributed by atoms with E-state index in [-0.39, 0.29) is 0 Å². The fourth-order valence-electron chi connectivity index (χ4n) is 4.07. The average molecular weight is 813 g/mol. The number of carbonyl (C=O) groups excluding carboxylic acids is 1. The highest BCUT2D eigenvalue weighted by molar-refractivity contribution is 9.09. The van der Waals surface area contributed by atoms with Crippen molar-refractivity contribution < 1.29 is 31.6 Å². The van der Waals surface area contributed by atoms with Gasteiger partial charge in [0, 0.05) is 18.7 Å². The molecule has 0 heterocycles. The van der Waals surface area contributed by atoms with Crippen LogP contribution in [0.2, 0.25) is 0 Å². The van der Waals surface area contributed by atoms with Crippen molar-refractivity contribution in [3.05, 3.63) is 83.9 Å². The lowest BCUT2D eigenvalue weighted by atomic mass is 9.98. The number of ether oxygens (including phenoxy) is 3. The summed E-state index contributed by atoms with van der Waals surface area (Å²) in [4.78, 5) is 23.3. The van der Waals surface area contributed by atoms with E-state index in [4.69, 9.17) is 22.1 Å². The first-order valence-electron chi connectivity index (χ1n) is 15.6. The zero-order valence-corrected chi connectivity index (χ0v) is 31.0. The van der Waals surface area contributed by atoms with Gasteiger partial charge in [-0.3, -0.25) is 9.59 Å². The fraction of sp³-hybridized carbons (Fsp3) is 0.389. The summed E-state index contributed by atoms with van der Waals surface area (Å²) >= 11 is 10.00. The monoisotopic (exact) mass is 810 g/mol. The second kappa shape index (κ2) is 21.2. The molecule has 0 fully saturated rings. The Morgan fingerprint density at radius 2 is 1.07 bits per heavy atom. The number of carbonyl (C=O) groups is 2. The lowest BCUT2D eigenvalue weighted by molar-refractivity contribution is -0.145. The van der Waals surface area contributed by atoms with E-state index in [0.29, 0.717) is 17.7 Å². The molecular formula is C36H43Br3O6. The van der Waals surface area contributed by atoms with Gasteiger partial charge >= 0.3 is 11.9 Å². The molecule has 0 aliphatic heterocycles. The van der Waals surface area contributed by atoms with Crippen LogP contribution in [0.25, 0.3) is 21.5 Å². The first-order chi connectivity index (χ1) is 22.3. The molecule has 244 valence electrons. The number of carboxylic acid groups (broad SMARTS) is 1. The van der Waals surface area contributed by atoms with E-state index >= 15 is 0 Å². The number of methoxy groups -OCH3 is 2. The Labute approximate surface area is 295 Å². The minimum Gasteiger partial charge on any atom is -0.497 e. The predicted molar refractivity (Wildman–Crippen MR) is 196 cm³/mol. The topological polar surface area (TPSA) is 82.1 Å². The Bertz CT molecular complexity index is 1590. The highest BCUT2D eigenvalue weighted by Crippen LogP contribution is 2.27. The first-order valence-corrected chi connectivity index (χ1v) is 18.0. The van der Waals surface area contributed by atoms with Gasteiger partial charge in [0.05, 0.1) is 32.6 Å². The van der Waals surface area contributed by atoms with Crippen molar-refractivity contribution in [1.29, 1.82) is 0 Å². The predicted octanol–water partition coefficient (Wildman–Crippen LogP) is 10.3. The van der Waals surface area contributed by atoms with Gasteiger partial charge in [-0.25, -0.2) is 0 Å². The molecule has 0 aromatic heterocycles. The van der Waals surface area contributed by atoms with Crippen LogP contribution >= 0.6 is 47.8 Å². The number of halogens is 3. The first kappa shape index (κ1) is 35.2.